The SMILES string of the molecule is CCn1c(SCC(=O)N2C[C@@H](C)O[C@H](C)C2)nnc1-c1ccncc1. The summed E-state index contributed by atoms with van der Waals surface area (Å²) in [4.78, 5) is 18.4. The molecule has 134 valence electrons. The molecule has 3 heterocycles. The normalized spacial score (nSPS) is 20.7. The Morgan fingerprint density at radius 2 is 1.92 bits per heavy atom. The van der Waals surface area contributed by atoms with E-state index in [9.17, 15) is 4.79 Å². The van der Waals surface area contributed by atoms with E-state index in [1.165, 1.54) is 11.8 Å². The molecule has 0 aliphatic carbocycles. The first-order valence-corrected chi connectivity index (χ1v) is 9.46. The van der Waals surface area contributed by atoms with Gasteiger partial charge in [0.2, 0.25) is 5.91 Å². The molecule has 2 atom stereocenters. The van der Waals surface area contributed by atoms with Crippen LogP contribution in [0.15, 0.2) is 29.7 Å². The molecular weight excluding hydrogens is 338 g/mol. The summed E-state index contributed by atoms with van der Waals surface area (Å²) >= 11 is 1.43. The summed E-state index contributed by atoms with van der Waals surface area (Å²) in [5.41, 5.74) is 0.971. The molecule has 0 unspecified atom stereocenters. The van der Waals surface area contributed by atoms with Crippen LogP contribution in [0.2, 0.25) is 0 Å². The van der Waals surface area contributed by atoms with E-state index in [-0.39, 0.29) is 18.1 Å². The van der Waals surface area contributed by atoms with Crippen molar-refractivity contribution in [2.45, 2.75) is 44.7 Å². The van der Waals surface area contributed by atoms with Crippen molar-refractivity contribution in [1.29, 1.82) is 0 Å². The summed E-state index contributed by atoms with van der Waals surface area (Å²) in [5, 5.41) is 9.32. The van der Waals surface area contributed by atoms with Crippen molar-refractivity contribution in [2.24, 2.45) is 0 Å². The Bertz CT molecular complexity index is 711. The van der Waals surface area contributed by atoms with Crippen molar-refractivity contribution < 1.29 is 9.53 Å². The van der Waals surface area contributed by atoms with Gasteiger partial charge in [0.05, 0.1) is 18.0 Å². The average molecular weight is 361 g/mol. The van der Waals surface area contributed by atoms with Gasteiger partial charge in [-0.25, -0.2) is 0 Å². The molecule has 0 N–H and O–H groups in total. The molecule has 3 rings (SSSR count). The van der Waals surface area contributed by atoms with E-state index in [4.69, 9.17) is 4.74 Å². The fourth-order valence-corrected chi connectivity index (χ4v) is 3.90. The van der Waals surface area contributed by atoms with Crippen molar-refractivity contribution in [3.63, 3.8) is 0 Å². The summed E-state index contributed by atoms with van der Waals surface area (Å²) in [7, 11) is 0. The van der Waals surface area contributed by atoms with Crippen LogP contribution in [0, 0.1) is 0 Å². The van der Waals surface area contributed by atoms with E-state index in [1.807, 2.05) is 42.4 Å². The second-order valence-corrected chi connectivity index (χ2v) is 7.07. The first kappa shape index (κ1) is 17.9. The monoisotopic (exact) mass is 361 g/mol. The number of nitrogens with zero attached hydrogens (tertiary/aromatic N) is 5. The number of ether oxygens (including phenoxy) is 1. The molecule has 7 nitrogen and oxygen atoms in total. The van der Waals surface area contributed by atoms with Gasteiger partial charge in [0.1, 0.15) is 0 Å². The molecule has 0 radical (unpaired) electrons. The summed E-state index contributed by atoms with van der Waals surface area (Å²) in [6, 6.07) is 3.82. The average Bonchev–Trinajstić information content (AvgIpc) is 3.02. The van der Waals surface area contributed by atoms with Crippen molar-refractivity contribution in [1.82, 2.24) is 24.6 Å². The molecule has 1 saturated heterocycles. The van der Waals surface area contributed by atoms with Crippen molar-refractivity contribution in [3.8, 4) is 11.4 Å². The summed E-state index contributed by atoms with van der Waals surface area (Å²) in [6.45, 7) is 8.08. The van der Waals surface area contributed by atoms with E-state index in [0.717, 1.165) is 23.1 Å². The predicted molar refractivity (Wildman–Crippen MR) is 96.2 cm³/mol. The van der Waals surface area contributed by atoms with Gasteiger partial charge in [-0.3, -0.25) is 9.78 Å². The van der Waals surface area contributed by atoms with Gasteiger partial charge < -0.3 is 14.2 Å². The van der Waals surface area contributed by atoms with E-state index in [0.29, 0.717) is 18.8 Å². The number of amides is 1. The molecule has 1 fully saturated rings. The van der Waals surface area contributed by atoms with E-state index in [2.05, 4.69) is 15.2 Å². The van der Waals surface area contributed by atoms with Crippen LogP contribution in [0.5, 0.6) is 0 Å². The number of rotatable bonds is 5. The third kappa shape index (κ3) is 4.19. The topological polar surface area (TPSA) is 73.1 Å². The molecule has 0 aromatic carbocycles. The van der Waals surface area contributed by atoms with Gasteiger partial charge in [0, 0.05) is 37.6 Å². The van der Waals surface area contributed by atoms with Crippen LogP contribution in [-0.2, 0) is 16.1 Å². The molecular formula is C17H23N5O2S. The van der Waals surface area contributed by atoms with Crippen molar-refractivity contribution >= 4 is 17.7 Å². The zero-order chi connectivity index (χ0) is 17.8. The highest BCUT2D eigenvalue weighted by molar-refractivity contribution is 7.99. The number of morpholine rings is 1. The maximum atomic E-state index is 12.5. The van der Waals surface area contributed by atoms with Gasteiger partial charge >= 0.3 is 0 Å². The Kier molecular flexibility index (Phi) is 5.70. The minimum absolute atomic E-state index is 0.0790. The molecule has 1 aliphatic rings. The van der Waals surface area contributed by atoms with Crippen LogP contribution in [0.1, 0.15) is 20.8 Å². The Hall–Kier alpha value is -1.93. The van der Waals surface area contributed by atoms with Gasteiger partial charge in [-0.15, -0.1) is 10.2 Å². The first-order valence-electron chi connectivity index (χ1n) is 8.48. The second kappa shape index (κ2) is 7.97. The number of hydrogen-bond donors (Lipinski definition) is 0. The highest BCUT2D eigenvalue weighted by Crippen LogP contribution is 2.24. The van der Waals surface area contributed by atoms with Gasteiger partial charge in [-0.2, -0.15) is 0 Å². The predicted octanol–water partition coefficient (Wildman–Crippen LogP) is 2.09. The Morgan fingerprint density at radius 1 is 1.24 bits per heavy atom. The lowest BCUT2D eigenvalue weighted by Gasteiger charge is -2.35. The first-order chi connectivity index (χ1) is 12.1. The Balaban J connectivity index is 1.67. The standard InChI is InChI=1S/C17H23N5O2S/c1-4-22-16(14-5-7-18-8-6-14)19-20-17(22)25-11-15(23)21-9-12(2)24-13(3)10-21/h5-8,12-13H,4,9-11H2,1-3H3/t12-,13-/m1/s1. The highest BCUT2D eigenvalue weighted by Gasteiger charge is 2.26. The Morgan fingerprint density at radius 3 is 2.56 bits per heavy atom. The fraction of sp³-hybridized carbons (Fsp3) is 0.529. The molecule has 1 aliphatic heterocycles. The largest absolute Gasteiger partial charge is 0.372 e. The number of carbonyl (C=O) groups excluding carboxylic acids is 1. The third-order valence-electron chi connectivity index (χ3n) is 4.07. The molecule has 0 bridgehead atoms. The minimum atomic E-state index is 0.0790. The number of pyridine rings is 1. The van der Waals surface area contributed by atoms with Crippen molar-refractivity contribution in [3.05, 3.63) is 24.5 Å². The van der Waals surface area contributed by atoms with Gasteiger partial charge in [-0.1, -0.05) is 11.8 Å². The summed E-state index contributed by atoms with van der Waals surface area (Å²) in [5.74, 6) is 1.27. The quantitative estimate of drug-likeness (QED) is 0.759. The number of hydrogen-bond acceptors (Lipinski definition) is 6. The molecule has 2 aromatic rings. The second-order valence-electron chi connectivity index (χ2n) is 6.13. The third-order valence-corrected chi connectivity index (χ3v) is 5.02. The number of aromatic nitrogens is 4. The Labute approximate surface area is 151 Å². The smallest absolute Gasteiger partial charge is 0.233 e. The highest BCUT2D eigenvalue weighted by atomic mass is 32.2. The molecule has 0 spiro atoms. The molecule has 0 saturated carbocycles. The zero-order valence-electron chi connectivity index (χ0n) is 14.8. The summed E-state index contributed by atoms with van der Waals surface area (Å²) < 4.78 is 7.71. The lowest BCUT2D eigenvalue weighted by Crippen LogP contribution is -2.48. The maximum absolute atomic E-state index is 12.5. The molecule has 1 amide bonds. The molecule has 25 heavy (non-hydrogen) atoms. The number of carbonyl (C=O) groups is 1. The molecule has 2 aromatic heterocycles. The van der Waals surface area contributed by atoms with Crippen LogP contribution in [0.3, 0.4) is 0 Å². The zero-order valence-corrected chi connectivity index (χ0v) is 15.6. The van der Waals surface area contributed by atoms with Crippen LogP contribution in [0.25, 0.3) is 11.4 Å². The lowest BCUT2D eigenvalue weighted by atomic mass is 10.2. The van der Waals surface area contributed by atoms with Gasteiger partial charge in [0.15, 0.2) is 11.0 Å². The van der Waals surface area contributed by atoms with Crippen LogP contribution >= 0.6 is 11.8 Å². The van der Waals surface area contributed by atoms with E-state index >= 15 is 0 Å². The van der Waals surface area contributed by atoms with Gasteiger partial charge in [-0.05, 0) is 32.9 Å². The number of thioether (sulfide) groups is 1. The van der Waals surface area contributed by atoms with Crippen molar-refractivity contribution in [2.75, 3.05) is 18.8 Å². The van der Waals surface area contributed by atoms with E-state index in [1.54, 1.807) is 12.4 Å². The molecule has 8 heteroatoms. The maximum Gasteiger partial charge on any atom is 0.233 e. The van der Waals surface area contributed by atoms with E-state index < -0.39 is 0 Å². The van der Waals surface area contributed by atoms with Gasteiger partial charge in [0.25, 0.3) is 0 Å². The lowest BCUT2D eigenvalue weighted by molar-refractivity contribution is -0.140. The van der Waals surface area contributed by atoms with Crippen LogP contribution in [0.4, 0.5) is 0 Å². The summed E-state index contributed by atoms with van der Waals surface area (Å²) in [6.07, 6.45) is 3.63. The van der Waals surface area contributed by atoms with Crippen LogP contribution in [-0.4, -0.2) is 61.6 Å². The fourth-order valence-electron chi connectivity index (χ4n) is 2.99. The minimum Gasteiger partial charge on any atom is -0.372 e. The van der Waals surface area contributed by atoms with Crippen LogP contribution < -0.4 is 0 Å².